The fourth-order valence-electron chi connectivity index (χ4n) is 3.64. The van der Waals surface area contributed by atoms with E-state index in [0.29, 0.717) is 31.1 Å². The maximum absolute atomic E-state index is 13.1. The van der Waals surface area contributed by atoms with Crippen molar-refractivity contribution < 1.29 is 13.2 Å². The zero-order valence-corrected chi connectivity index (χ0v) is 17.4. The van der Waals surface area contributed by atoms with E-state index >= 15 is 0 Å². The third-order valence-corrected chi connectivity index (χ3v) is 7.20. The normalized spacial score (nSPS) is 16.7. The van der Waals surface area contributed by atoms with Gasteiger partial charge < -0.3 is 4.90 Å². The number of amides is 1. The van der Waals surface area contributed by atoms with Crippen LogP contribution in [0.4, 0.5) is 0 Å². The number of aryl methyl sites for hydroxylation is 1. The van der Waals surface area contributed by atoms with Gasteiger partial charge in [-0.1, -0.05) is 61.4 Å². The van der Waals surface area contributed by atoms with Gasteiger partial charge >= 0.3 is 0 Å². The van der Waals surface area contributed by atoms with Crippen LogP contribution in [0.1, 0.15) is 36.8 Å². The van der Waals surface area contributed by atoms with E-state index in [1.807, 2.05) is 54.3 Å². The van der Waals surface area contributed by atoms with Crippen LogP contribution < -0.4 is 0 Å². The van der Waals surface area contributed by atoms with Crippen molar-refractivity contribution >= 4 is 15.9 Å². The van der Waals surface area contributed by atoms with Crippen LogP contribution in [0, 0.1) is 6.92 Å². The molecule has 0 N–H and O–H groups in total. The quantitative estimate of drug-likeness (QED) is 0.747. The van der Waals surface area contributed by atoms with Crippen molar-refractivity contribution in [2.24, 2.45) is 0 Å². The molecular weight excluding hydrogens is 372 g/mol. The Bertz CT molecular complexity index is 887. The van der Waals surface area contributed by atoms with Gasteiger partial charge in [0.25, 0.3) is 0 Å². The molecule has 1 heterocycles. The molecule has 1 aliphatic heterocycles. The minimum Gasteiger partial charge on any atom is -0.340 e. The van der Waals surface area contributed by atoms with Crippen molar-refractivity contribution in [1.29, 1.82) is 0 Å². The Kier molecular flexibility index (Phi) is 6.52. The lowest BCUT2D eigenvalue weighted by atomic mass is 9.93. The molecule has 0 spiro atoms. The van der Waals surface area contributed by atoms with Gasteiger partial charge in [0, 0.05) is 26.2 Å². The fraction of sp³-hybridized carbons (Fsp3) is 0.409. The zero-order chi connectivity index (χ0) is 20.1. The van der Waals surface area contributed by atoms with Gasteiger partial charge in [-0.05, 0) is 31.0 Å². The number of benzene rings is 2. The number of rotatable bonds is 6. The van der Waals surface area contributed by atoms with E-state index in [4.69, 9.17) is 0 Å². The van der Waals surface area contributed by atoms with Crippen LogP contribution in [0.15, 0.2) is 59.5 Å². The van der Waals surface area contributed by atoms with Gasteiger partial charge in [-0.2, -0.15) is 4.31 Å². The monoisotopic (exact) mass is 400 g/mol. The van der Waals surface area contributed by atoms with Gasteiger partial charge in [0.1, 0.15) is 0 Å². The minimum atomic E-state index is -3.52. The van der Waals surface area contributed by atoms with Crippen LogP contribution in [0.3, 0.4) is 0 Å². The first-order chi connectivity index (χ1) is 13.4. The molecule has 0 aromatic heterocycles. The van der Waals surface area contributed by atoms with Crippen LogP contribution >= 0.6 is 0 Å². The van der Waals surface area contributed by atoms with Crippen LogP contribution in [0.2, 0.25) is 0 Å². The van der Waals surface area contributed by atoms with Crippen molar-refractivity contribution in [3.05, 3.63) is 65.7 Å². The molecule has 28 heavy (non-hydrogen) atoms. The van der Waals surface area contributed by atoms with Crippen molar-refractivity contribution in [3.63, 3.8) is 0 Å². The molecule has 1 aliphatic rings. The van der Waals surface area contributed by atoms with Crippen LogP contribution in [-0.2, 0) is 14.8 Å². The fourth-order valence-corrected chi connectivity index (χ4v) is 5.06. The van der Waals surface area contributed by atoms with E-state index in [-0.39, 0.29) is 11.8 Å². The lowest BCUT2D eigenvalue weighted by molar-refractivity contribution is -0.134. The highest BCUT2D eigenvalue weighted by atomic mass is 32.2. The number of carbonyl (C=O) groups excluding carboxylic acids is 1. The molecule has 2 aromatic carbocycles. The van der Waals surface area contributed by atoms with E-state index in [2.05, 4.69) is 6.92 Å². The van der Waals surface area contributed by atoms with Crippen molar-refractivity contribution in [3.8, 4) is 0 Å². The van der Waals surface area contributed by atoms with E-state index < -0.39 is 10.0 Å². The van der Waals surface area contributed by atoms with Gasteiger partial charge in [-0.25, -0.2) is 8.42 Å². The van der Waals surface area contributed by atoms with Crippen molar-refractivity contribution in [2.45, 2.75) is 37.5 Å². The van der Waals surface area contributed by atoms with Gasteiger partial charge in [0.2, 0.25) is 15.9 Å². The summed E-state index contributed by atoms with van der Waals surface area (Å²) in [5, 5.41) is 0. The number of nitrogens with zero attached hydrogens (tertiary/aromatic N) is 2. The second-order valence-corrected chi connectivity index (χ2v) is 9.23. The number of hydrogen-bond acceptors (Lipinski definition) is 3. The molecule has 0 bridgehead atoms. The van der Waals surface area contributed by atoms with E-state index in [9.17, 15) is 13.2 Å². The Balaban J connectivity index is 1.68. The van der Waals surface area contributed by atoms with E-state index in [1.54, 1.807) is 12.1 Å². The van der Waals surface area contributed by atoms with Crippen LogP contribution in [-0.4, -0.2) is 49.7 Å². The van der Waals surface area contributed by atoms with Crippen LogP contribution in [0.5, 0.6) is 0 Å². The predicted molar refractivity (Wildman–Crippen MR) is 111 cm³/mol. The molecule has 2 aromatic rings. The predicted octanol–water partition coefficient (Wildman–Crippen LogP) is 3.41. The number of carbonyl (C=O) groups is 1. The molecule has 0 aliphatic carbocycles. The summed E-state index contributed by atoms with van der Waals surface area (Å²) in [5.74, 6) is -0.0631. The molecule has 1 amide bonds. The maximum atomic E-state index is 13.1. The second-order valence-electron chi connectivity index (χ2n) is 7.29. The van der Waals surface area contributed by atoms with E-state index in [1.165, 1.54) is 4.31 Å². The average Bonchev–Trinajstić information content (AvgIpc) is 2.72. The largest absolute Gasteiger partial charge is 0.340 e. The lowest BCUT2D eigenvalue weighted by Gasteiger charge is -2.36. The van der Waals surface area contributed by atoms with Crippen molar-refractivity contribution in [2.75, 3.05) is 26.2 Å². The highest BCUT2D eigenvalue weighted by Crippen LogP contribution is 2.25. The molecule has 1 saturated heterocycles. The lowest BCUT2D eigenvalue weighted by Crippen LogP contribution is -2.51. The van der Waals surface area contributed by atoms with Gasteiger partial charge in [0.15, 0.2) is 0 Å². The molecule has 3 rings (SSSR count). The highest BCUT2D eigenvalue weighted by molar-refractivity contribution is 7.89. The molecule has 6 heteroatoms. The summed E-state index contributed by atoms with van der Waals surface area (Å²) in [6.45, 7) is 5.52. The molecular formula is C22H28N2O3S. The first kappa shape index (κ1) is 20.6. The molecule has 0 unspecified atom stereocenters. The molecule has 150 valence electrons. The first-order valence-electron chi connectivity index (χ1n) is 9.84. The summed E-state index contributed by atoms with van der Waals surface area (Å²) in [6.07, 6.45) is 1.72. The third-order valence-electron chi connectivity index (χ3n) is 5.29. The molecule has 1 atom stereocenters. The Labute approximate surface area is 168 Å². The molecule has 5 nitrogen and oxygen atoms in total. The Morgan fingerprint density at radius 2 is 1.57 bits per heavy atom. The van der Waals surface area contributed by atoms with Crippen LogP contribution in [0.25, 0.3) is 0 Å². The van der Waals surface area contributed by atoms with E-state index in [0.717, 1.165) is 24.0 Å². The smallest absolute Gasteiger partial charge is 0.243 e. The zero-order valence-electron chi connectivity index (χ0n) is 16.5. The number of sulfonamides is 1. The SMILES string of the molecule is CCC[C@@H](C(=O)N1CCN(S(=O)(=O)c2ccc(C)cc2)CC1)c1ccccc1. The van der Waals surface area contributed by atoms with Gasteiger partial charge in [-0.15, -0.1) is 0 Å². The summed E-state index contributed by atoms with van der Waals surface area (Å²) in [4.78, 5) is 15.2. The Morgan fingerprint density at radius 3 is 2.14 bits per heavy atom. The number of hydrogen-bond donors (Lipinski definition) is 0. The minimum absolute atomic E-state index is 0.0976. The van der Waals surface area contributed by atoms with Gasteiger partial charge in [-0.3, -0.25) is 4.79 Å². The maximum Gasteiger partial charge on any atom is 0.243 e. The summed E-state index contributed by atoms with van der Waals surface area (Å²) >= 11 is 0. The first-order valence-corrected chi connectivity index (χ1v) is 11.3. The topological polar surface area (TPSA) is 57.7 Å². The highest BCUT2D eigenvalue weighted by Gasteiger charge is 2.32. The summed E-state index contributed by atoms with van der Waals surface area (Å²) in [5.41, 5.74) is 2.06. The van der Waals surface area contributed by atoms with Crippen molar-refractivity contribution in [1.82, 2.24) is 9.21 Å². The third kappa shape index (κ3) is 4.45. The Hall–Kier alpha value is -2.18. The average molecular weight is 401 g/mol. The number of piperazine rings is 1. The summed E-state index contributed by atoms with van der Waals surface area (Å²) in [6, 6.07) is 16.8. The molecule has 1 fully saturated rings. The molecule has 0 radical (unpaired) electrons. The Morgan fingerprint density at radius 1 is 0.964 bits per heavy atom. The summed E-state index contributed by atoms with van der Waals surface area (Å²) in [7, 11) is -3.52. The second kappa shape index (κ2) is 8.88. The summed E-state index contributed by atoms with van der Waals surface area (Å²) < 4.78 is 27.2. The standard InChI is InChI=1S/C22H28N2O3S/c1-3-7-21(19-8-5-4-6-9-19)22(25)23-14-16-24(17-15-23)28(26,27)20-12-10-18(2)11-13-20/h4-6,8-13,21H,3,7,14-17H2,1-2H3/t21-/m1/s1. The van der Waals surface area contributed by atoms with Gasteiger partial charge in [0.05, 0.1) is 10.8 Å². The molecule has 0 saturated carbocycles.